The van der Waals surface area contributed by atoms with E-state index in [0.717, 1.165) is 26.6 Å². The molecule has 5 aromatic rings. The van der Waals surface area contributed by atoms with Gasteiger partial charge in [-0.15, -0.1) is 0 Å². The third-order valence-electron chi connectivity index (χ3n) is 6.75. The number of anilines is 1. The van der Waals surface area contributed by atoms with Gasteiger partial charge in [-0.2, -0.15) is 5.10 Å². The summed E-state index contributed by atoms with van der Waals surface area (Å²) in [5.74, 6) is 0.140. The maximum absolute atomic E-state index is 13.6. The van der Waals surface area contributed by atoms with Gasteiger partial charge in [-0.05, 0) is 95.4 Å². The third-order valence-corrected chi connectivity index (χ3v) is 8.53. The van der Waals surface area contributed by atoms with Crippen molar-refractivity contribution in [3.63, 3.8) is 0 Å². The Balaban J connectivity index is 1.22. The Bertz CT molecular complexity index is 1840. The minimum atomic E-state index is -4.00. The van der Waals surface area contributed by atoms with Crippen LogP contribution in [0.5, 0.6) is 5.75 Å². The van der Waals surface area contributed by atoms with Gasteiger partial charge < -0.3 is 4.74 Å². The predicted octanol–water partition coefficient (Wildman–Crippen LogP) is 6.38. The molecule has 5 rings (SSSR count). The SMILES string of the molecule is Cc1ccc(C)c(N(CC(=O)N/N=C\c2ccc(OCc3ccc4ccccc4c3)cc2)S(=O)(=O)c2ccccc2)c1. The molecule has 0 saturated carbocycles. The van der Waals surface area contributed by atoms with Crippen LogP contribution < -0.4 is 14.5 Å². The van der Waals surface area contributed by atoms with Crippen LogP contribution in [-0.2, 0) is 21.4 Å². The molecular weight excluding hydrogens is 546 g/mol. The largest absolute Gasteiger partial charge is 0.489 e. The highest BCUT2D eigenvalue weighted by Crippen LogP contribution is 2.28. The molecule has 0 atom stereocenters. The molecule has 0 saturated heterocycles. The summed E-state index contributed by atoms with van der Waals surface area (Å²) >= 11 is 0. The number of ether oxygens (including phenoxy) is 1. The number of nitrogens with one attached hydrogen (secondary N) is 1. The van der Waals surface area contributed by atoms with Crippen molar-refractivity contribution in [1.29, 1.82) is 0 Å². The summed E-state index contributed by atoms with van der Waals surface area (Å²) in [5, 5.41) is 6.40. The summed E-state index contributed by atoms with van der Waals surface area (Å²) in [5.41, 5.74) is 6.34. The lowest BCUT2D eigenvalue weighted by molar-refractivity contribution is -0.119. The lowest BCUT2D eigenvalue weighted by atomic mass is 10.1. The molecular formula is C34H31N3O4S. The van der Waals surface area contributed by atoms with Crippen LogP contribution in [0, 0.1) is 13.8 Å². The van der Waals surface area contributed by atoms with Crippen LogP contribution in [0.2, 0.25) is 0 Å². The Morgan fingerprint density at radius 1 is 0.833 bits per heavy atom. The van der Waals surface area contributed by atoms with Crippen LogP contribution in [0.3, 0.4) is 0 Å². The van der Waals surface area contributed by atoms with Crippen LogP contribution in [0.1, 0.15) is 22.3 Å². The quantitative estimate of drug-likeness (QED) is 0.154. The van der Waals surface area contributed by atoms with Gasteiger partial charge in [-0.1, -0.05) is 66.7 Å². The maximum Gasteiger partial charge on any atom is 0.264 e. The van der Waals surface area contributed by atoms with Crippen LogP contribution in [0.15, 0.2) is 125 Å². The second-order valence-corrected chi connectivity index (χ2v) is 11.8. The van der Waals surface area contributed by atoms with Gasteiger partial charge in [-0.25, -0.2) is 13.8 Å². The van der Waals surface area contributed by atoms with E-state index in [-0.39, 0.29) is 4.90 Å². The number of rotatable bonds is 10. The van der Waals surface area contributed by atoms with E-state index in [2.05, 4.69) is 40.9 Å². The number of sulfonamides is 1. The monoisotopic (exact) mass is 577 g/mol. The van der Waals surface area contributed by atoms with Crippen molar-refractivity contribution in [2.24, 2.45) is 5.10 Å². The second-order valence-electron chi connectivity index (χ2n) is 9.95. The Morgan fingerprint density at radius 2 is 1.55 bits per heavy atom. The highest BCUT2D eigenvalue weighted by molar-refractivity contribution is 7.92. The van der Waals surface area contributed by atoms with Gasteiger partial charge in [-0.3, -0.25) is 9.10 Å². The van der Waals surface area contributed by atoms with E-state index in [1.165, 1.54) is 29.1 Å². The first-order valence-corrected chi connectivity index (χ1v) is 14.9. The smallest absolute Gasteiger partial charge is 0.264 e. The van der Waals surface area contributed by atoms with E-state index in [1.54, 1.807) is 24.3 Å². The fourth-order valence-corrected chi connectivity index (χ4v) is 6.00. The Morgan fingerprint density at radius 3 is 2.31 bits per heavy atom. The summed E-state index contributed by atoms with van der Waals surface area (Å²) in [6.45, 7) is 3.70. The van der Waals surface area contributed by atoms with Crippen molar-refractivity contribution >= 4 is 38.6 Å². The highest BCUT2D eigenvalue weighted by atomic mass is 32.2. The summed E-state index contributed by atoms with van der Waals surface area (Å²) in [6.07, 6.45) is 1.50. The first-order valence-electron chi connectivity index (χ1n) is 13.5. The van der Waals surface area contributed by atoms with E-state index < -0.39 is 22.5 Å². The summed E-state index contributed by atoms with van der Waals surface area (Å²) in [6, 6.07) is 35.3. The van der Waals surface area contributed by atoms with Crippen molar-refractivity contribution in [2.75, 3.05) is 10.8 Å². The zero-order valence-electron chi connectivity index (χ0n) is 23.4. The second kappa shape index (κ2) is 12.7. The van der Waals surface area contributed by atoms with Gasteiger partial charge in [0.15, 0.2) is 0 Å². The average molecular weight is 578 g/mol. The molecule has 0 spiro atoms. The molecule has 0 radical (unpaired) electrons. The van der Waals surface area contributed by atoms with Gasteiger partial charge in [0.05, 0.1) is 16.8 Å². The molecule has 7 nitrogen and oxygen atoms in total. The third kappa shape index (κ3) is 6.85. The zero-order valence-corrected chi connectivity index (χ0v) is 24.2. The predicted molar refractivity (Wildman–Crippen MR) is 167 cm³/mol. The van der Waals surface area contributed by atoms with Gasteiger partial charge in [0, 0.05) is 0 Å². The highest BCUT2D eigenvalue weighted by Gasteiger charge is 2.28. The molecule has 0 aliphatic heterocycles. The molecule has 0 unspecified atom stereocenters. The minimum absolute atomic E-state index is 0.102. The molecule has 0 aliphatic rings. The number of carbonyl (C=O) groups excluding carboxylic acids is 1. The summed E-state index contributed by atoms with van der Waals surface area (Å²) < 4.78 is 34.2. The van der Waals surface area contributed by atoms with Gasteiger partial charge in [0.2, 0.25) is 0 Å². The molecule has 0 bridgehead atoms. The topological polar surface area (TPSA) is 88.1 Å². The normalized spacial score (nSPS) is 11.5. The van der Waals surface area contributed by atoms with E-state index in [9.17, 15) is 13.2 Å². The molecule has 0 aromatic heterocycles. The number of aryl methyl sites for hydroxylation is 2. The molecule has 0 heterocycles. The van der Waals surface area contributed by atoms with Crippen molar-refractivity contribution in [1.82, 2.24) is 5.43 Å². The molecule has 0 fully saturated rings. The first kappa shape index (κ1) is 28.6. The number of nitrogens with zero attached hydrogens (tertiary/aromatic N) is 2. The molecule has 5 aromatic carbocycles. The molecule has 1 N–H and O–H groups in total. The lowest BCUT2D eigenvalue weighted by Gasteiger charge is -2.25. The number of carbonyl (C=O) groups is 1. The summed E-state index contributed by atoms with van der Waals surface area (Å²) in [7, 11) is -4.00. The average Bonchev–Trinajstić information content (AvgIpc) is 3.01. The number of hydrogen-bond acceptors (Lipinski definition) is 5. The number of hydrazone groups is 1. The van der Waals surface area contributed by atoms with Crippen molar-refractivity contribution in [3.05, 3.63) is 138 Å². The Kier molecular flexibility index (Phi) is 8.64. The van der Waals surface area contributed by atoms with Crippen LogP contribution in [0.4, 0.5) is 5.69 Å². The van der Waals surface area contributed by atoms with Crippen molar-refractivity contribution in [2.45, 2.75) is 25.3 Å². The first-order chi connectivity index (χ1) is 20.3. The Labute approximate surface area is 246 Å². The summed E-state index contributed by atoms with van der Waals surface area (Å²) in [4.78, 5) is 13.0. The minimum Gasteiger partial charge on any atom is -0.489 e. The fraction of sp³-hybridized carbons (Fsp3) is 0.118. The van der Waals surface area contributed by atoms with Crippen molar-refractivity contribution in [3.8, 4) is 5.75 Å². The lowest BCUT2D eigenvalue weighted by Crippen LogP contribution is -2.40. The zero-order chi connectivity index (χ0) is 29.5. The number of amides is 1. The number of hydrogen-bond donors (Lipinski definition) is 1. The molecule has 0 aliphatic carbocycles. The maximum atomic E-state index is 13.6. The van der Waals surface area contributed by atoms with E-state index in [0.29, 0.717) is 18.0 Å². The van der Waals surface area contributed by atoms with E-state index in [4.69, 9.17) is 4.74 Å². The molecule has 42 heavy (non-hydrogen) atoms. The number of benzene rings is 5. The van der Waals surface area contributed by atoms with Crippen LogP contribution >= 0.6 is 0 Å². The van der Waals surface area contributed by atoms with Crippen LogP contribution in [-0.4, -0.2) is 27.1 Å². The number of fused-ring (bicyclic) bond motifs is 1. The Hall–Kier alpha value is -4.95. The molecule has 1 amide bonds. The molecule has 212 valence electrons. The fourth-order valence-electron chi connectivity index (χ4n) is 4.50. The van der Waals surface area contributed by atoms with E-state index in [1.807, 2.05) is 62.4 Å². The standard InChI is InChI=1S/C34H31N3O4S/c1-25-12-13-26(2)33(20-25)37(42(39,40)32-10-4-3-5-11-32)23-34(38)36-35-22-27-15-18-31(19-16-27)41-24-28-14-17-29-8-6-7-9-30(29)21-28/h3-22H,23-24H2,1-2H3,(H,36,38)/b35-22-. The van der Waals surface area contributed by atoms with Gasteiger partial charge >= 0.3 is 0 Å². The molecule has 8 heteroatoms. The van der Waals surface area contributed by atoms with Crippen molar-refractivity contribution < 1.29 is 17.9 Å². The van der Waals surface area contributed by atoms with E-state index >= 15 is 0 Å². The van der Waals surface area contributed by atoms with Crippen LogP contribution in [0.25, 0.3) is 10.8 Å². The van der Waals surface area contributed by atoms with Gasteiger partial charge in [0.1, 0.15) is 18.9 Å². The van der Waals surface area contributed by atoms with Gasteiger partial charge in [0.25, 0.3) is 15.9 Å².